The largest absolute Gasteiger partial charge is 0.373 e. The highest BCUT2D eigenvalue weighted by atomic mass is 35.5. The summed E-state index contributed by atoms with van der Waals surface area (Å²) in [6, 6.07) is 8.52. The average molecular weight is 399 g/mol. The minimum Gasteiger partial charge on any atom is -0.373 e. The molecule has 0 N–H and O–H groups in total. The first-order valence-electron chi connectivity index (χ1n) is 9.66. The molecule has 2 aromatic rings. The molecule has 3 unspecified atom stereocenters. The van der Waals surface area contributed by atoms with Crippen molar-refractivity contribution in [2.75, 3.05) is 0 Å². The maximum atomic E-state index is 13.5. The molecular weight excluding hydrogens is 379 g/mol. The number of aryl methyl sites for hydroxylation is 2. The van der Waals surface area contributed by atoms with Crippen LogP contribution in [0.15, 0.2) is 30.3 Å². The fourth-order valence-corrected chi connectivity index (χ4v) is 5.66. The number of hydrogen-bond donors (Lipinski definition) is 0. The first kappa shape index (κ1) is 18.0. The zero-order valence-corrected chi connectivity index (χ0v) is 16.4. The van der Waals surface area contributed by atoms with Crippen molar-refractivity contribution in [1.29, 1.82) is 0 Å². The van der Waals surface area contributed by atoms with Gasteiger partial charge in [0.1, 0.15) is 11.7 Å². The van der Waals surface area contributed by atoms with Gasteiger partial charge in [-0.15, -0.1) is 0 Å². The molecule has 3 aliphatic rings. The molecule has 1 aliphatic carbocycles. The third-order valence-electron chi connectivity index (χ3n) is 6.63. The highest BCUT2D eigenvalue weighted by Gasteiger charge is 2.63. The summed E-state index contributed by atoms with van der Waals surface area (Å²) in [6.07, 6.45) is 1.58. The molecule has 3 fully saturated rings. The maximum Gasteiger partial charge on any atom is 0.154 e. The van der Waals surface area contributed by atoms with Gasteiger partial charge in [-0.05, 0) is 66.6 Å². The molecule has 1 saturated carbocycles. The Balaban J connectivity index is 1.55. The highest BCUT2D eigenvalue weighted by Crippen LogP contribution is 2.53. The van der Waals surface area contributed by atoms with Crippen LogP contribution in [0.4, 0.5) is 4.39 Å². The van der Waals surface area contributed by atoms with E-state index in [-0.39, 0.29) is 40.6 Å². The summed E-state index contributed by atoms with van der Waals surface area (Å²) in [6.45, 7) is 3.85. The third-order valence-corrected chi connectivity index (χ3v) is 6.92. The average Bonchev–Trinajstić information content (AvgIpc) is 3.33. The summed E-state index contributed by atoms with van der Waals surface area (Å²) in [4.78, 5) is 26.3. The first-order valence-corrected chi connectivity index (χ1v) is 10.0. The van der Waals surface area contributed by atoms with E-state index in [0.717, 1.165) is 40.7 Å². The number of carbonyl (C=O) groups is 2. The van der Waals surface area contributed by atoms with Crippen molar-refractivity contribution in [2.45, 2.75) is 44.8 Å². The Morgan fingerprint density at radius 2 is 1.50 bits per heavy atom. The number of rotatable bonds is 2. The molecule has 5 rings (SSSR count). The molecule has 2 heterocycles. The van der Waals surface area contributed by atoms with Crippen molar-refractivity contribution >= 4 is 23.2 Å². The summed E-state index contributed by atoms with van der Waals surface area (Å²) >= 11 is 5.93. The molecule has 0 aromatic heterocycles. The lowest BCUT2D eigenvalue weighted by atomic mass is 9.81. The van der Waals surface area contributed by atoms with Gasteiger partial charge in [0.15, 0.2) is 11.6 Å². The van der Waals surface area contributed by atoms with Crippen molar-refractivity contribution in [3.63, 3.8) is 0 Å². The fraction of sp³-hybridized carbons (Fsp3) is 0.391. The number of benzene rings is 2. The number of halogens is 2. The Morgan fingerprint density at radius 1 is 0.929 bits per heavy atom. The van der Waals surface area contributed by atoms with Crippen molar-refractivity contribution in [1.82, 2.24) is 0 Å². The Hall–Kier alpha value is -2.04. The quantitative estimate of drug-likeness (QED) is 0.683. The van der Waals surface area contributed by atoms with Crippen LogP contribution in [0.2, 0.25) is 5.02 Å². The Labute approximate surface area is 167 Å². The Morgan fingerprint density at radius 3 is 2.04 bits per heavy atom. The molecule has 0 radical (unpaired) electrons. The van der Waals surface area contributed by atoms with Crippen LogP contribution in [-0.4, -0.2) is 23.8 Å². The third kappa shape index (κ3) is 2.44. The molecule has 0 spiro atoms. The fourth-order valence-electron chi connectivity index (χ4n) is 5.48. The molecule has 2 saturated heterocycles. The Bertz CT molecular complexity index is 979. The number of ether oxygens (including phenoxy) is 1. The zero-order valence-electron chi connectivity index (χ0n) is 15.7. The number of fused-ring (bicyclic) bond motifs is 5. The number of carbonyl (C=O) groups excluding carboxylic acids is 2. The summed E-state index contributed by atoms with van der Waals surface area (Å²) in [5, 5.41) is 0.0707. The summed E-state index contributed by atoms with van der Waals surface area (Å²) in [5.74, 6) is -1.65. The molecule has 2 bridgehead atoms. The number of ketones is 2. The standard InChI is InChI=1S/C23H20ClFO3/c1-10-7-13(12-3-4-15(25)14(24)9-12)8-11(2)18(10)21-22(26)19-16-5-6-17(28-16)20(19)23(21)27/h3-4,7-9,16-17,19-21H,5-6H2,1-2H3/t16?,17?,19-,20+,21?. The molecule has 28 heavy (non-hydrogen) atoms. The molecule has 144 valence electrons. The van der Waals surface area contributed by atoms with Crippen molar-refractivity contribution in [3.05, 3.63) is 57.9 Å². The smallest absolute Gasteiger partial charge is 0.154 e. The normalized spacial score (nSPS) is 30.9. The van der Waals surface area contributed by atoms with Crippen LogP contribution in [-0.2, 0) is 14.3 Å². The van der Waals surface area contributed by atoms with Gasteiger partial charge in [-0.3, -0.25) is 9.59 Å². The molecule has 0 amide bonds. The van der Waals surface area contributed by atoms with Gasteiger partial charge in [-0.2, -0.15) is 0 Å². The highest BCUT2D eigenvalue weighted by molar-refractivity contribution is 6.31. The van der Waals surface area contributed by atoms with Gasteiger partial charge in [0, 0.05) is 0 Å². The van der Waals surface area contributed by atoms with Gasteiger partial charge >= 0.3 is 0 Å². The molecule has 5 heteroatoms. The van der Waals surface area contributed by atoms with E-state index in [1.807, 2.05) is 26.0 Å². The lowest BCUT2D eigenvalue weighted by molar-refractivity contribution is -0.127. The number of Topliss-reactive ketones (excluding diaryl/α,β-unsaturated/α-hetero) is 2. The van der Waals surface area contributed by atoms with Crippen LogP contribution in [0, 0.1) is 31.5 Å². The molecule has 3 nitrogen and oxygen atoms in total. The topological polar surface area (TPSA) is 43.4 Å². The molecule has 2 aliphatic heterocycles. The van der Waals surface area contributed by atoms with Gasteiger partial charge in [-0.25, -0.2) is 4.39 Å². The first-order chi connectivity index (χ1) is 13.4. The van der Waals surface area contributed by atoms with E-state index < -0.39 is 11.7 Å². The van der Waals surface area contributed by atoms with Crippen molar-refractivity contribution in [3.8, 4) is 11.1 Å². The zero-order chi connectivity index (χ0) is 19.7. The van der Waals surface area contributed by atoms with Crippen molar-refractivity contribution < 1.29 is 18.7 Å². The monoisotopic (exact) mass is 398 g/mol. The molecule has 5 atom stereocenters. The van der Waals surface area contributed by atoms with Crippen LogP contribution in [0.3, 0.4) is 0 Å². The van der Waals surface area contributed by atoms with Gasteiger partial charge in [0.05, 0.1) is 29.1 Å². The summed E-state index contributed by atoms with van der Waals surface area (Å²) in [5.41, 5.74) is 4.31. The van der Waals surface area contributed by atoms with E-state index in [1.54, 1.807) is 12.1 Å². The maximum absolute atomic E-state index is 13.5. The van der Waals surface area contributed by atoms with Crippen LogP contribution in [0.5, 0.6) is 0 Å². The van der Waals surface area contributed by atoms with E-state index in [2.05, 4.69) is 0 Å². The predicted molar refractivity (Wildman–Crippen MR) is 104 cm³/mol. The van der Waals surface area contributed by atoms with E-state index in [4.69, 9.17) is 16.3 Å². The molecular formula is C23H20ClFO3. The second-order valence-electron chi connectivity index (χ2n) is 8.23. The van der Waals surface area contributed by atoms with E-state index in [9.17, 15) is 14.0 Å². The van der Waals surface area contributed by atoms with Crippen LogP contribution >= 0.6 is 11.6 Å². The van der Waals surface area contributed by atoms with Crippen LogP contribution in [0.1, 0.15) is 35.4 Å². The predicted octanol–water partition coefficient (Wildman–Crippen LogP) is 4.79. The molecule has 2 aromatic carbocycles. The minimum atomic E-state index is -0.687. The van der Waals surface area contributed by atoms with Crippen LogP contribution < -0.4 is 0 Å². The number of hydrogen-bond acceptors (Lipinski definition) is 3. The van der Waals surface area contributed by atoms with E-state index >= 15 is 0 Å². The van der Waals surface area contributed by atoms with E-state index in [1.165, 1.54) is 6.07 Å². The van der Waals surface area contributed by atoms with Gasteiger partial charge in [0.2, 0.25) is 0 Å². The van der Waals surface area contributed by atoms with Crippen LogP contribution in [0.25, 0.3) is 11.1 Å². The van der Waals surface area contributed by atoms with Gasteiger partial charge in [-0.1, -0.05) is 29.8 Å². The van der Waals surface area contributed by atoms with E-state index in [0.29, 0.717) is 0 Å². The van der Waals surface area contributed by atoms with Gasteiger partial charge < -0.3 is 4.74 Å². The van der Waals surface area contributed by atoms with Gasteiger partial charge in [0.25, 0.3) is 0 Å². The summed E-state index contributed by atoms with van der Waals surface area (Å²) in [7, 11) is 0. The Kier molecular flexibility index (Phi) is 4.01. The lowest BCUT2D eigenvalue weighted by Crippen LogP contribution is -2.29. The second kappa shape index (κ2) is 6.23. The SMILES string of the molecule is Cc1cc(-c2ccc(F)c(Cl)c2)cc(C)c1C1C(=O)[C@@H]2C3CCC(O3)[C@@H]2C1=O. The second-order valence-corrected chi connectivity index (χ2v) is 8.64. The minimum absolute atomic E-state index is 0.0194. The summed E-state index contributed by atoms with van der Waals surface area (Å²) < 4.78 is 19.3. The van der Waals surface area contributed by atoms with Crippen molar-refractivity contribution in [2.24, 2.45) is 11.8 Å². The lowest BCUT2D eigenvalue weighted by Gasteiger charge is -2.19.